The fourth-order valence-corrected chi connectivity index (χ4v) is 3.26. The number of hydrogen-bond donors (Lipinski definition) is 3. The van der Waals surface area contributed by atoms with Gasteiger partial charge < -0.3 is 15.4 Å². The number of hydrogen-bond acceptors (Lipinski definition) is 4. The van der Waals surface area contributed by atoms with Crippen LogP contribution in [0.2, 0.25) is 0 Å². The average molecular weight is 567 g/mol. The van der Waals surface area contributed by atoms with Crippen molar-refractivity contribution in [1.82, 2.24) is 10.6 Å². The van der Waals surface area contributed by atoms with Crippen molar-refractivity contribution in [2.75, 3.05) is 30.7 Å². The monoisotopic (exact) mass is 566 g/mol. The molecule has 31 heavy (non-hydrogen) atoms. The minimum atomic E-state index is -0.907. The third-order valence-electron chi connectivity index (χ3n) is 3.88. The molecule has 0 radical (unpaired) electrons. The van der Waals surface area contributed by atoms with Crippen molar-refractivity contribution in [1.29, 1.82) is 0 Å². The zero-order valence-electron chi connectivity index (χ0n) is 19.8. The molecule has 1 amide bonds. The van der Waals surface area contributed by atoms with E-state index >= 15 is 0 Å². The number of guanidine groups is 1. The van der Waals surface area contributed by atoms with E-state index in [0.717, 1.165) is 24.5 Å². The van der Waals surface area contributed by atoms with Gasteiger partial charge in [0.2, 0.25) is 0 Å². The van der Waals surface area contributed by atoms with Crippen LogP contribution in [0.5, 0.6) is 0 Å². The van der Waals surface area contributed by atoms with E-state index in [4.69, 9.17) is 4.74 Å². The summed E-state index contributed by atoms with van der Waals surface area (Å²) in [7, 11) is -0.907. The van der Waals surface area contributed by atoms with Gasteiger partial charge >= 0.3 is 6.09 Å². The summed E-state index contributed by atoms with van der Waals surface area (Å²) in [6, 6.07) is 7.68. The lowest BCUT2D eigenvalue weighted by molar-refractivity contribution is 0.0636. The van der Waals surface area contributed by atoms with Crippen LogP contribution in [-0.4, -0.2) is 52.0 Å². The normalized spacial score (nSPS) is 13.1. The Hall–Kier alpha value is -1.36. The van der Waals surface area contributed by atoms with Gasteiger partial charge in [0, 0.05) is 40.1 Å². The van der Waals surface area contributed by atoms with Crippen LogP contribution in [0.25, 0.3) is 0 Å². The summed E-state index contributed by atoms with van der Waals surface area (Å²) in [6.07, 6.45) is 0.348. The smallest absolute Gasteiger partial charge is 0.412 e. The number of benzene rings is 1. The number of aliphatic imine (C=N–C) groups is 1. The number of carbonyl (C=O) groups excluding carboxylic acids is 1. The Morgan fingerprint density at radius 2 is 1.68 bits per heavy atom. The van der Waals surface area contributed by atoms with Gasteiger partial charge in [-0.15, -0.1) is 24.0 Å². The van der Waals surface area contributed by atoms with Crippen molar-refractivity contribution in [2.45, 2.75) is 65.2 Å². The molecule has 0 aliphatic heterocycles. The van der Waals surface area contributed by atoms with E-state index < -0.39 is 22.5 Å². The number of nitrogens with one attached hydrogen (secondary N) is 3. The zero-order chi connectivity index (χ0) is 22.8. The number of anilines is 1. The van der Waals surface area contributed by atoms with Crippen LogP contribution in [0, 0.1) is 0 Å². The Balaban J connectivity index is 0.00000900. The molecule has 3 N–H and O–H groups in total. The van der Waals surface area contributed by atoms with E-state index in [1.165, 1.54) is 0 Å². The standard InChI is InChI=1S/C22H38N4O3S.HI/c1-8-23-19(25-15-16-30(28)22(5,6)7)24-14-13-17-9-11-18(12-10-17)26-20(27)29-21(2,3)4;/h9-12H,8,13-16H2,1-7H3,(H,26,27)(H2,23,24,25);1H. The first-order valence-corrected chi connectivity index (χ1v) is 11.7. The number of amides is 1. The highest BCUT2D eigenvalue weighted by atomic mass is 127. The summed E-state index contributed by atoms with van der Waals surface area (Å²) in [5.74, 6) is 1.28. The van der Waals surface area contributed by atoms with Crippen molar-refractivity contribution >= 4 is 52.5 Å². The number of nitrogens with zero attached hydrogens (tertiary/aromatic N) is 1. The molecule has 0 saturated carbocycles. The molecular formula is C22H39IN4O3S. The van der Waals surface area contributed by atoms with Crippen molar-refractivity contribution in [3.8, 4) is 0 Å². The van der Waals surface area contributed by atoms with Crippen molar-refractivity contribution in [3.63, 3.8) is 0 Å². The lowest BCUT2D eigenvalue weighted by atomic mass is 10.1. The molecule has 178 valence electrons. The Kier molecular flexibility index (Phi) is 13.3. The highest BCUT2D eigenvalue weighted by molar-refractivity contribution is 14.0. The Labute approximate surface area is 207 Å². The summed E-state index contributed by atoms with van der Waals surface area (Å²) in [5.41, 5.74) is 1.31. The maximum atomic E-state index is 12.1. The zero-order valence-corrected chi connectivity index (χ0v) is 23.0. The van der Waals surface area contributed by atoms with Crippen LogP contribution in [0.15, 0.2) is 29.3 Å². The van der Waals surface area contributed by atoms with Gasteiger partial charge in [-0.3, -0.25) is 14.5 Å². The van der Waals surface area contributed by atoms with Crippen molar-refractivity contribution in [2.24, 2.45) is 4.99 Å². The van der Waals surface area contributed by atoms with Gasteiger partial charge in [-0.2, -0.15) is 0 Å². The number of halogens is 1. The van der Waals surface area contributed by atoms with Gasteiger partial charge in [0.05, 0.1) is 6.54 Å². The van der Waals surface area contributed by atoms with Gasteiger partial charge in [0.15, 0.2) is 5.96 Å². The van der Waals surface area contributed by atoms with Gasteiger partial charge in [-0.05, 0) is 72.6 Å². The lowest BCUT2D eigenvalue weighted by Gasteiger charge is -2.19. The Bertz CT molecular complexity index is 726. The first kappa shape index (κ1) is 29.6. The van der Waals surface area contributed by atoms with Gasteiger partial charge in [-0.1, -0.05) is 12.1 Å². The molecule has 1 atom stereocenters. The van der Waals surface area contributed by atoms with Crippen LogP contribution in [0.3, 0.4) is 0 Å². The van der Waals surface area contributed by atoms with E-state index in [9.17, 15) is 9.00 Å². The van der Waals surface area contributed by atoms with Crippen LogP contribution < -0.4 is 16.0 Å². The highest BCUT2D eigenvalue weighted by Crippen LogP contribution is 2.13. The highest BCUT2D eigenvalue weighted by Gasteiger charge is 2.18. The topological polar surface area (TPSA) is 91.8 Å². The molecule has 0 heterocycles. The SMILES string of the molecule is CCNC(=NCCS(=O)C(C)(C)C)NCCc1ccc(NC(=O)OC(C)(C)C)cc1.I. The summed E-state index contributed by atoms with van der Waals surface area (Å²) in [6.45, 7) is 15.4. The quantitative estimate of drug-likeness (QED) is 0.248. The molecule has 0 aliphatic rings. The Morgan fingerprint density at radius 3 is 2.19 bits per heavy atom. The fourth-order valence-electron chi connectivity index (χ4n) is 2.39. The second-order valence-electron chi connectivity index (χ2n) is 8.92. The third kappa shape index (κ3) is 13.6. The van der Waals surface area contributed by atoms with Crippen LogP contribution in [0.4, 0.5) is 10.5 Å². The fraction of sp³-hybridized carbons (Fsp3) is 0.636. The molecule has 9 heteroatoms. The first-order valence-electron chi connectivity index (χ1n) is 10.4. The van der Waals surface area contributed by atoms with E-state index in [-0.39, 0.29) is 28.7 Å². The molecule has 7 nitrogen and oxygen atoms in total. The summed E-state index contributed by atoms with van der Waals surface area (Å²) < 4.78 is 17.2. The molecule has 1 rings (SSSR count). The second kappa shape index (κ2) is 13.9. The van der Waals surface area contributed by atoms with Gasteiger partial charge in [0.25, 0.3) is 0 Å². The Morgan fingerprint density at radius 1 is 1.06 bits per heavy atom. The summed E-state index contributed by atoms with van der Waals surface area (Å²) in [5, 5.41) is 9.24. The molecule has 0 spiro atoms. The molecule has 1 aromatic carbocycles. The van der Waals surface area contributed by atoms with Crippen molar-refractivity contribution < 1.29 is 13.7 Å². The molecule has 0 fully saturated rings. The predicted octanol–water partition coefficient (Wildman–Crippen LogP) is 4.30. The molecule has 1 unspecified atom stereocenters. The van der Waals surface area contributed by atoms with Crippen LogP contribution in [-0.2, 0) is 22.0 Å². The molecular weight excluding hydrogens is 527 g/mol. The number of ether oxygens (including phenoxy) is 1. The molecule has 1 aromatic rings. The van der Waals surface area contributed by atoms with Crippen LogP contribution in [0.1, 0.15) is 54.0 Å². The molecule has 0 aromatic heterocycles. The predicted molar refractivity (Wildman–Crippen MR) is 142 cm³/mol. The lowest BCUT2D eigenvalue weighted by Crippen LogP contribution is -2.38. The van der Waals surface area contributed by atoms with Crippen molar-refractivity contribution in [3.05, 3.63) is 29.8 Å². The summed E-state index contributed by atoms with van der Waals surface area (Å²) in [4.78, 5) is 16.3. The largest absolute Gasteiger partial charge is 0.444 e. The van der Waals surface area contributed by atoms with Gasteiger partial charge in [-0.25, -0.2) is 4.79 Å². The number of rotatable bonds is 8. The van der Waals surface area contributed by atoms with E-state index in [1.54, 1.807) is 0 Å². The summed E-state index contributed by atoms with van der Waals surface area (Å²) >= 11 is 0. The maximum Gasteiger partial charge on any atom is 0.412 e. The minimum Gasteiger partial charge on any atom is -0.444 e. The maximum absolute atomic E-state index is 12.1. The molecule has 0 aliphatic carbocycles. The second-order valence-corrected chi connectivity index (χ2v) is 11.2. The van der Waals surface area contributed by atoms with E-state index in [2.05, 4.69) is 20.9 Å². The number of carbonyl (C=O) groups is 1. The van der Waals surface area contributed by atoms with E-state index in [0.29, 0.717) is 24.5 Å². The van der Waals surface area contributed by atoms with E-state index in [1.807, 2.05) is 72.7 Å². The van der Waals surface area contributed by atoms with Gasteiger partial charge in [0.1, 0.15) is 5.60 Å². The van der Waals surface area contributed by atoms with Crippen LogP contribution >= 0.6 is 24.0 Å². The average Bonchev–Trinajstić information content (AvgIpc) is 2.60. The first-order chi connectivity index (χ1) is 13.9. The minimum absolute atomic E-state index is 0. The molecule has 0 saturated heterocycles. The molecule has 0 bridgehead atoms. The third-order valence-corrected chi connectivity index (χ3v) is 5.80.